The number of esters is 1. The summed E-state index contributed by atoms with van der Waals surface area (Å²) in [6, 6.07) is 7.76. The second-order valence-corrected chi connectivity index (χ2v) is 8.50. The molecule has 0 atom stereocenters. The summed E-state index contributed by atoms with van der Waals surface area (Å²) in [4.78, 5) is 24.6. The molecule has 0 amide bonds. The van der Waals surface area contributed by atoms with Crippen LogP contribution in [0.3, 0.4) is 0 Å². The van der Waals surface area contributed by atoms with Crippen molar-refractivity contribution in [3.05, 3.63) is 52.8 Å². The Morgan fingerprint density at radius 2 is 1.73 bits per heavy atom. The van der Waals surface area contributed by atoms with E-state index < -0.39 is 22.4 Å². The highest BCUT2D eigenvalue weighted by Gasteiger charge is 2.22. The van der Waals surface area contributed by atoms with Crippen LogP contribution in [0.1, 0.15) is 52.0 Å². The zero-order valence-corrected chi connectivity index (χ0v) is 16.4. The van der Waals surface area contributed by atoms with Crippen molar-refractivity contribution in [1.82, 2.24) is 4.57 Å². The summed E-state index contributed by atoms with van der Waals surface area (Å²) in [7, 11) is -3.58. The van der Waals surface area contributed by atoms with Gasteiger partial charge in [-0.05, 0) is 45.9 Å². The first-order chi connectivity index (χ1) is 12.0. The first kappa shape index (κ1) is 19.9. The Morgan fingerprint density at radius 1 is 1.12 bits per heavy atom. The van der Waals surface area contributed by atoms with E-state index in [0.717, 1.165) is 17.6 Å². The molecule has 0 fully saturated rings. The van der Waals surface area contributed by atoms with Gasteiger partial charge >= 0.3 is 5.97 Å². The van der Waals surface area contributed by atoms with Gasteiger partial charge < -0.3 is 9.30 Å². The van der Waals surface area contributed by atoms with E-state index in [4.69, 9.17) is 4.74 Å². The maximum absolute atomic E-state index is 12.5. The molecular formula is C19H23NO5S. The molecule has 0 bridgehead atoms. The van der Waals surface area contributed by atoms with Gasteiger partial charge in [-0.15, -0.1) is 0 Å². The number of hydrogen-bond acceptors (Lipinski definition) is 5. The molecule has 0 aliphatic heterocycles. The molecule has 0 aliphatic rings. The number of Topliss-reactive ketones (excluding diaryl/α,β-unsaturated/α-hetero) is 1. The van der Waals surface area contributed by atoms with Crippen LogP contribution < -0.4 is 0 Å². The Bertz CT molecular complexity index is 954. The average molecular weight is 377 g/mol. The lowest BCUT2D eigenvalue weighted by Crippen LogP contribution is -2.17. The first-order valence-electron chi connectivity index (χ1n) is 8.22. The fraction of sp³-hybridized carbons (Fsp3) is 0.368. The molecule has 140 valence electrons. The van der Waals surface area contributed by atoms with E-state index in [1.165, 1.54) is 18.2 Å². The molecule has 2 aromatic rings. The van der Waals surface area contributed by atoms with Crippen LogP contribution in [0, 0.1) is 13.8 Å². The largest absolute Gasteiger partial charge is 0.454 e. The normalized spacial score (nSPS) is 11.6. The fourth-order valence-electron chi connectivity index (χ4n) is 3.10. The van der Waals surface area contributed by atoms with Gasteiger partial charge in [-0.1, -0.05) is 12.1 Å². The van der Waals surface area contributed by atoms with Crippen LogP contribution in [-0.2, 0) is 14.6 Å². The Morgan fingerprint density at radius 3 is 2.27 bits per heavy atom. The van der Waals surface area contributed by atoms with Gasteiger partial charge in [-0.2, -0.15) is 0 Å². The van der Waals surface area contributed by atoms with Gasteiger partial charge in [-0.25, -0.2) is 13.2 Å². The van der Waals surface area contributed by atoms with Crippen LogP contribution in [0.2, 0.25) is 0 Å². The second kappa shape index (κ2) is 7.45. The predicted molar refractivity (Wildman–Crippen MR) is 98.5 cm³/mol. The number of benzene rings is 1. The Hall–Kier alpha value is -2.41. The zero-order valence-electron chi connectivity index (χ0n) is 15.6. The molecule has 0 unspecified atom stereocenters. The summed E-state index contributed by atoms with van der Waals surface area (Å²) in [5.41, 5.74) is 2.19. The van der Waals surface area contributed by atoms with Crippen molar-refractivity contribution in [3.63, 3.8) is 0 Å². The maximum Gasteiger partial charge on any atom is 0.339 e. The highest BCUT2D eigenvalue weighted by molar-refractivity contribution is 7.90. The van der Waals surface area contributed by atoms with E-state index in [1.54, 1.807) is 12.1 Å². The van der Waals surface area contributed by atoms with Crippen LogP contribution in [0.4, 0.5) is 0 Å². The zero-order chi connectivity index (χ0) is 19.6. The molecule has 0 aliphatic carbocycles. The van der Waals surface area contributed by atoms with E-state index in [9.17, 15) is 18.0 Å². The summed E-state index contributed by atoms with van der Waals surface area (Å²) in [5, 5.41) is 0. The van der Waals surface area contributed by atoms with Crippen molar-refractivity contribution in [2.75, 3.05) is 12.9 Å². The number of rotatable bonds is 6. The van der Waals surface area contributed by atoms with Crippen LogP contribution in [0.5, 0.6) is 0 Å². The number of carbonyl (C=O) groups is 2. The molecule has 26 heavy (non-hydrogen) atoms. The lowest BCUT2D eigenvalue weighted by molar-refractivity contribution is 0.0470. The lowest BCUT2D eigenvalue weighted by Gasteiger charge is -2.13. The number of hydrogen-bond donors (Lipinski definition) is 0. The summed E-state index contributed by atoms with van der Waals surface area (Å²) < 4.78 is 30.7. The number of ether oxygens (including phenoxy) is 1. The highest BCUT2D eigenvalue weighted by atomic mass is 32.2. The van der Waals surface area contributed by atoms with E-state index >= 15 is 0 Å². The van der Waals surface area contributed by atoms with E-state index in [0.29, 0.717) is 5.56 Å². The third-order valence-electron chi connectivity index (χ3n) is 4.14. The molecule has 0 saturated heterocycles. The van der Waals surface area contributed by atoms with Crippen LogP contribution in [-0.4, -0.2) is 37.6 Å². The van der Waals surface area contributed by atoms with Crippen molar-refractivity contribution in [2.24, 2.45) is 0 Å². The minimum absolute atomic E-state index is 0.0737. The standard InChI is InChI=1S/C19H23NO5S/c1-12(2)20-13(3)10-16(14(20)4)17(21)11-25-19(22)15-8-6-7-9-18(15)26(5,23)24/h6-10,12H,11H2,1-5H3. The van der Waals surface area contributed by atoms with Crippen LogP contribution in [0.25, 0.3) is 0 Å². The van der Waals surface area contributed by atoms with Gasteiger partial charge in [0.05, 0.1) is 10.5 Å². The van der Waals surface area contributed by atoms with Crippen LogP contribution >= 0.6 is 0 Å². The summed E-state index contributed by atoms with van der Waals surface area (Å²) in [6.45, 7) is 7.37. The second-order valence-electron chi connectivity index (χ2n) is 6.52. The third kappa shape index (κ3) is 4.04. The van der Waals surface area contributed by atoms with Gasteiger partial charge in [0, 0.05) is 29.2 Å². The SMILES string of the molecule is Cc1cc(C(=O)COC(=O)c2ccccc2S(C)(=O)=O)c(C)n1C(C)C. The van der Waals surface area contributed by atoms with Crippen molar-refractivity contribution < 1.29 is 22.7 Å². The van der Waals surface area contributed by atoms with E-state index in [2.05, 4.69) is 0 Å². The highest BCUT2D eigenvalue weighted by Crippen LogP contribution is 2.21. The fourth-order valence-corrected chi connectivity index (χ4v) is 3.98. The summed E-state index contributed by atoms with van der Waals surface area (Å²) in [5.74, 6) is -1.16. The monoisotopic (exact) mass is 377 g/mol. The predicted octanol–water partition coefficient (Wildman–Crippen LogP) is 3.13. The topological polar surface area (TPSA) is 82.4 Å². The number of ketones is 1. The quantitative estimate of drug-likeness (QED) is 0.570. The molecule has 0 N–H and O–H groups in total. The molecule has 0 radical (unpaired) electrons. The van der Waals surface area contributed by atoms with Crippen LogP contribution in [0.15, 0.2) is 35.2 Å². The number of carbonyl (C=O) groups excluding carboxylic acids is 2. The molecule has 1 aromatic heterocycles. The number of sulfone groups is 1. The molecule has 0 spiro atoms. The number of nitrogens with zero attached hydrogens (tertiary/aromatic N) is 1. The van der Waals surface area contributed by atoms with Gasteiger partial charge in [0.2, 0.25) is 5.78 Å². The van der Waals surface area contributed by atoms with Crippen molar-refractivity contribution in [2.45, 2.75) is 38.6 Å². The Kier molecular flexibility index (Phi) is 5.71. The summed E-state index contributed by atoms with van der Waals surface area (Å²) >= 11 is 0. The minimum atomic E-state index is -3.58. The third-order valence-corrected chi connectivity index (χ3v) is 5.30. The van der Waals surface area contributed by atoms with E-state index in [-0.39, 0.29) is 22.3 Å². The average Bonchev–Trinajstić information content (AvgIpc) is 2.86. The lowest BCUT2D eigenvalue weighted by atomic mass is 10.1. The molecule has 2 rings (SSSR count). The minimum Gasteiger partial charge on any atom is -0.454 e. The molecule has 6 nitrogen and oxygen atoms in total. The smallest absolute Gasteiger partial charge is 0.339 e. The molecule has 0 saturated carbocycles. The van der Waals surface area contributed by atoms with E-state index in [1.807, 2.05) is 32.3 Å². The van der Waals surface area contributed by atoms with Gasteiger partial charge in [0.15, 0.2) is 16.4 Å². The maximum atomic E-state index is 12.5. The van der Waals surface area contributed by atoms with Crippen molar-refractivity contribution >= 4 is 21.6 Å². The summed E-state index contributed by atoms with van der Waals surface area (Å²) in [6.07, 6.45) is 1.02. The molecule has 1 heterocycles. The molecule has 7 heteroatoms. The van der Waals surface area contributed by atoms with Crippen molar-refractivity contribution in [3.8, 4) is 0 Å². The van der Waals surface area contributed by atoms with Gasteiger partial charge in [-0.3, -0.25) is 4.79 Å². The Labute approximate surface area is 153 Å². The Balaban J connectivity index is 2.19. The molecular weight excluding hydrogens is 354 g/mol. The first-order valence-corrected chi connectivity index (χ1v) is 10.1. The number of aryl methyl sites for hydroxylation is 1. The number of aromatic nitrogens is 1. The molecule has 1 aromatic carbocycles. The van der Waals surface area contributed by atoms with Gasteiger partial charge in [0.1, 0.15) is 0 Å². The van der Waals surface area contributed by atoms with Crippen molar-refractivity contribution in [1.29, 1.82) is 0 Å². The van der Waals surface area contributed by atoms with Gasteiger partial charge in [0.25, 0.3) is 0 Å².